The largest absolute Gasteiger partial charge is 0.379 e. The first-order valence-corrected chi connectivity index (χ1v) is 14.7. The molecule has 218 valence electrons. The highest BCUT2D eigenvalue weighted by Gasteiger charge is 2.30. The molecule has 1 atom stereocenters. The number of benzene rings is 3. The Kier molecular flexibility index (Phi) is 8.58. The molecule has 4 aromatic rings. The fourth-order valence-corrected chi connectivity index (χ4v) is 5.56. The minimum atomic E-state index is -0.230. The van der Waals surface area contributed by atoms with E-state index in [2.05, 4.69) is 38.0 Å². The number of hydrogen-bond donors (Lipinski definition) is 3. The average Bonchev–Trinajstić information content (AvgIpc) is 3.39. The van der Waals surface area contributed by atoms with Gasteiger partial charge in [-0.1, -0.05) is 49.4 Å². The number of pyridine rings is 1. The van der Waals surface area contributed by atoms with Crippen LogP contribution in [0.4, 0.5) is 11.4 Å². The lowest BCUT2D eigenvalue weighted by molar-refractivity contribution is -0.110. The van der Waals surface area contributed by atoms with Crippen molar-refractivity contribution in [3.05, 3.63) is 125 Å². The molecule has 6 rings (SSSR count). The maximum Gasteiger partial charge on any atom is 0.258 e. The van der Waals surface area contributed by atoms with E-state index in [0.29, 0.717) is 28.1 Å². The first-order chi connectivity index (χ1) is 21.1. The molecule has 2 aliphatic rings. The Morgan fingerprint density at radius 1 is 0.953 bits per heavy atom. The molecule has 8 nitrogen and oxygen atoms in total. The van der Waals surface area contributed by atoms with E-state index in [0.717, 1.165) is 56.1 Å². The van der Waals surface area contributed by atoms with Crippen LogP contribution >= 0.6 is 0 Å². The molecule has 8 heteroatoms. The van der Waals surface area contributed by atoms with Crippen molar-refractivity contribution in [3.63, 3.8) is 0 Å². The summed E-state index contributed by atoms with van der Waals surface area (Å²) in [5.41, 5.74) is 6.89. The molecule has 2 amide bonds. The number of ether oxygens (including phenoxy) is 1. The summed E-state index contributed by atoms with van der Waals surface area (Å²) in [6.07, 6.45) is 4.16. The van der Waals surface area contributed by atoms with Gasteiger partial charge in [0.05, 0.1) is 30.5 Å². The SMILES string of the molecule is CC[C@@H](NC(=O)c1ccc2c(c1)/C(=C(/Nc1ccc(CN3CCOCC3)cc1)c1ccncc1)C(=O)N2)c1ccccc1. The second-order valence-corrected chi connectivity index (χ2v) is 10.8. The van der Waals surface area contributed by atoms with Crippen LogP contribution in [0.5, 0.6) is 0 Å². The number of nitrogens with zero attached hydrogens (tertiary/aromatic N) is 2. The van der Waals surface area contributed by atoms with Gasteiger partial charge in [-0.15, -0.1) is 0 Å². The molecule has 3 aromatic carbocycles. The number of carbonyl (C=O) groups is 2. The van der Waals surface area contributed by atoms with Gasteiger partial charge < -0.3 is 20.7 Å². The van der Waals surface area contributed by atoms with Gasteiger partial charge in [0, 0.05) is 60.1 Å². The van der Waals surface area contributed by atoms with Crippen LogP contribution in [0.2, 0.25) is 0 Å². The highest BCUT2D eigenvalue weighted by atomic mass is 16.5. The zero-order valence-electron chi connectivity index (χ0n) is 24.2. The predicted molar refractivity (Wildman–Crippen MR) is 169 cm³/mol. The number of amides is 2. The van der Waals surface area contributed by atoms with Gasteiger partial charge in [0.15, 0.2) is 0 Å². The maximum atomic E-state index is 13.5. The number of anilines is 2. The van der Waals surface area contributed by atoms with Crippen LogP contribution < -0.4 is 16.0 Å². The molecule has 2 aliphatic heterocycles. The van der Waals surface area contributed by atoms with E-state index in [-0.39, 0.29) is 17.9 Å². The fourth-order valence-electron chi connectivity index (χ4n) is 5.56. The minimum Gasteiger partial charge on any atom is -0.379 e. The molecule has 1 aromatic heterocycles. The van der Waals surface area contributed by atoms with Crippen molar-refractivity contribution in [3.8, 4) is 0 Å². The van der Waals surface area contributed by atoms with Crippen LogP contribution in [0.25, 0.3) is 11.3 Å². The molecule has 0 saturated carbocycles. The Morgan fingerprint density at radius 2 is 1.70 bits per heavy atom. The number of morpholine rings is 1. The predicted octanol–water partition coefficient (Wildman–Crippen LogP) is 5.73. The summed E-state index contributed by atoms with van der Waals surface area (Å²) in [5.74, 6) is -0.419. The number of fused-ring (bicyclic) bond motifs is 1. The first-order valence-electron chi connectivity index (χ1n) is 14.7. The normalized spacial score (nSPS) is 16.6. The van der Waals surface area contributed by atoms with Crippen molar-refractivity contribution in [1.82, 2.24) is 15.2 Å². The van der Waals surface area contributed by atoms with E-state index in [4.69, 9.17) is 4.74 Å². The van der Waals surface area contributed by atoms with Crippen LogP contribution in [-0.4, -0.2) is 48.0 Å². The third kappa shape index (κ3) is 6.51. The highest BCUT2D eigenvalue weighted by Crippen LogP contribution is 2.38. The molecule has 3 N–H and O–H groups in total. The number of rotatable bonds is 9. The molecule has 0 aliphatic carbocycles. The molecule has 0 spiro atoms. The lowest BCUT2D eigenvalue weighted by atomic mass is 9.98. The molecular weight excluding hydrogens is 538 g/mol. The van der Waals surface area contributed by atoms with Gasteiger partial charge in [0.2, 0.25) is 0 Å². The minimum absolute atomic E-state index is 0.114. The summed E-state index contributed by atoms with van der Waals surface area (Å²) in [6.45, 7) is 6.30. The number of carbonyl (C=O) groups excluding carboxylic acids is 2. The quantitative estimate of drug-likeness (QED) is 0.222. The maximum absolute atomic E-state index is 13.5. The second kappa shape index (κ2) is 13.0. The fraction of sp³-hybridized carbons (Fsp3) is 0.229. The Hall–Kier alpha value is -4.79. The van der Waals surface area contributed by atoms with Gasteiger partial charge in [-0.2, -0.15) is 0 Å². The number of hydrogen-bond acceptors (Lipinski definition) is 6. The van der Waals surface area contributed by atoms with E-state index in [1.807, 2.05) is 61.5 Å². The van der Waals surface area contributed by atoms with Crippen molar-refractivity contribution in [2.24, 2.45) is 0 Å². The van der Waals surface area contributed by atoms with Crippen molar-refractivity contribution >= 4 is 34.5 Å². The topological polar surface area (TPSA) is 95.6 Å². The summed E-state index contributed by atoms with van der Waals surface area (Å²) in [5, 5.41) is 9.65. The zero-order chi connectivity index (χ0) is 29.6. The summed E-state index contributed by atoms with van der Waals surface area (Å²) >= 11 is 0. The number of nitrogens with one attached hydrogen (secondary N) is 3. The first kappa shape index (κ1) is 28.3. The van der Waals surface area contributed by atoms with E-state index >= 15 is 0 Å². The van der Waals surface area contributed by atoms with Crippen LogP contribution in [0.3, 0.4) is 0 Å². The van der Waals surface area contributed by atoms with Crippen molar-refractivity contribution < 1.29 is 14.3 Å². The molecule has 0 unspecified atom stereocenters. The van der Waals surface area contributed by atoms with Crippen LogP contribution in [0.15, 0.2) is 97.3 Å². The van der Waals surface area contributed by atoms with E-state index in [9.17, 15) is 9.59 Å². The third-order valence-electron chi connectivity index (χ3n) is 7.89. The molecular formula is C35H35N5O3. The summed E-state index contributed by atoms with van der Waals surface area (Å²) in [4.78, 5) is 33.4. The van der Waals surface area contributed by atoms with E-state index in [1.54, 1.807) is 30.6 Å². The van der Waals surface area contributed by atoms with Crippen molar-refractivity contribution in [2.75, 3.05) is 36.9 Å². The Labute approximate surface area is 251 Å². The number of aromatic nitrogens is 1. The average molecular weight is 574 g/mol. The van der Waals surface area contributed by atoms with Crippen LogP contribution in [0.1, 0.15) is 52.0 Å². The van der Waals surface area contributed by atoms with Gasteiger partial charge in [-0.05, 0) is 60.0 Å². The van der Waals surface area contributed by atoms with E-state index in [1.165, 1.54) is 5.56 Å². The monoisotopic (exact) mass is 573 g/mol. The molecule has 43 heavy (non-hydrogen) atoms. The van der Waals surface area contributed by atoms with Crippen LogP contribution in [0, 0.1) is 0 Å². The highest BCUT2D eigenvalue weighted by molar-refractivity contribution is 6.37. The second-order valence-electron chi connectivity index (χ2n) is 10.8. The molecule has 1 fully saturated rings. The van der Waals surface area contributed by atoms with Gasteiger partial charge >= 0.3 is 0 Å². The van der Waals surface area contributed by atoms with Crippen LogP contribution in [-0.2, 0) is 16.1 Å². The molecule has 3 heterocycles. The lowest BCUT2D eigenvalue weighted by Gasteiger charge is -2.26. The Bertz CT molecular complexity index is 1610. The molecule has 1 saturated heterocycles. The Balaban J connectivity index is 1.31. The van der Waals surface area contributed by atoms with Gasteiger partial charge in [0.1, 0.15) is 0 Å². The summed E-state index contributed by atoms with van der Waals surface area (Å²) in [6, 6.07) is 27.2. The molecule has 0 radical (unpaired) electrons. The van der Waals surface area contributed by atoms with Gasteiger partial charge in [-0.3, -0.25) is 19.5 Å². The van der Waals surface area contributed by atoms with Gasteiger partial charge in [0.25, 0.3) is 11.8 Å². The third-order valence-corrected chi connectivity index (χ3v) is 7.89. The smallest absolute Gasteiger partial charge is 0.258 e. The lowest BCUT2D eigenvalue weighted by Crippen LogP contribution is -2.35. The molecule has 0 bridgehead atoms. The summed E-state index contributed by atoms with van der Waals surface area (Å²) < 4.78 is 5.47. The van der Waals surface area contributed by atoms with Gasteiger partial charge in [-0.25, -0.2) is 0 Å². The zero-order valence-corrected chi connectivity index (χ0v) is 24.2. The van der Waals surface area contributed by atoms with Crippen molar-refractivity contribution in [1.29, 1.82) is 0 Å². The standard InChI is InChI=1S/C35H35N5O3/c1-2-30(25-6-4-3-5-7-25)38-34(41)27-10-13-31-29(22-27)32(35(42)39-31)33(26-14-16-36-17-15-26)37-28-11-8-24(9-12-28)23-40-18-20-43-21-19-40/h3-17,22,30,37H,2,18-21,23H2,1H3,(H,38,41)(H,39,42)/b33-32-/t30-/m1/s1. The summed E-state index contributed by atoms with van der Waals surface area (Å²) in [7, 11) is 0. The van der Waals surface area contributed by atoms with Crippen molar-refractivity contribution in [2.45, 2.75) is 25.9 Å². The Morgan fingerprint density at radius 3 is 2.42 bits per heavy atom. The van der Waals surface area contributed by atoms with E-state index < -0.39 is 0 Å².